The maximum atomic E-state index is 9.77. The number of benzene rings is 1. The summed E-state index contributed by atoms with van der Waals surface area (Å²) in [5.41, 5.74) is 7.43. The van der Waals surface area contributed by atoms with Gasteiger partial charge in [-0.1, -0.05) is 12.8 Å². The molecule has 1 aliphatic rings. The van der Waals surface area contributed by atoms with Gasteiger partial charge in [0, 0.05) is 11.6 Å². The van der Waals surface area contributed by atoms with E-state index in [1.807, 2.05) is 0 Å². The van der Waals surface area contributed by atoms with Crippen LogP contribution in [0, 0.1) is 17.2 Å². The van der Waals surface area contributed by atoms with E-state index >= 15 is 0 Å². The molecule has 1 atom stereocenters. The first kappa shape index (κ1) is 13.8. The van der Waals surface area contributed by atoms with E-state index in [-0.39, 0.29) is 24.2 Å². The summed E-state index contributed by atoms with van der Waals surface area (Å²) in [5, 5.41) is 18.6. The maximum Gasteiger partial charge on any atom is 0.120 e. The number of rotatable bonds is 2. The van der Waals surface area contributed by atoms with Crippen LogP contribution in [0.3, 0.4) is 0 Å². The molecule has 2 rings (SSSR count). The lowest BCUT2D eigenvalue weighted by atomic mass is 9.91. The van der Waals surface area contributed by atoms with Crippen molar-refractivity contribution in [3.8, 4) is 11.8 Å². The van der Waals surface area contributed by atoms with Crippen LogP contribution in [0.2, 0.25) is 0 Å². The van der Waals surface area contributed by atoms with Crippen molar-refractivity contribution in [2.45, 2.75) is 31.7 Å². The summed E-state index contributed by atoms with van der Waals surface area (Å²) in [6, 6.07) is 6.81. The number of phenols is 1. The Hall–Kier alpha value is -1.24. The fourth-order valence-corrected chi connectivity index (χ4v) is 2.46. The first-order valence-electron chi connectivity index (χ1n) is 5.71. The van der Waals surface area contributed by atoms with Crippen molar-refractivity contribution in [1.29, 1.82) is 5.26 Å². The molecule has 0 spiro atoms. The molecule has 0 saturated heterocycles. The van der Waals surface area contributed by atoms with Crippen LogP contribution in [0.5, 0.6) is 5.75 Å². The summed E-state index contributed by atoms with van der Waals surface area (Å²) in [7, 11) is 0. The van der Waals surface area contributed by atoms with E-state index in [9.17, 15) is 5.11 Å². The average Bonchev–Trinajstić information content (AvgIpc) is 2.82. The molecule has 0 unspecified atom stereocenters. The van der Waals surface area contributed by atoms with Crippen LogP contribution in [0.4, 0.5) is 0 Å². The SMILES string of the molecule is Cl.N#Cc1ccc(O)c([C@@H](N)C2CCCC2)c1. The Kier molecular flexibility index (Phi) is 4.80. The van der Waals surface area contributed by atoms with Gasteiger partial charge in [0.05, 0.1) is 11.6 Å². The fraction of sp³-hybridized carbons (Fsp3) is 0.462. The number of hydrogen-bond donors (Lipinski definition) is 2. The Morgan fingerprint density at radius 3 is 2.59 bits per heavy atom. The van der Waals surface area contributed by atoms with Crippen molar-refractivity contribution in [2.24, 2.45) is 11.7 Å². The van der Waals surface area contributed by atoms with E-state index in [4.69, 9.17) is 11.0 Å². The Labute approximate surface area is 108 Å². The van der Waals surface area contributed by atoms with Crippen LogP contribution in [-0.4, -0.2) is 5.11 Å². The predicted octanol–water partition coefficient (Wildman–Crippen LogP) is 2.88. The molecular weight excluding hydrogens is 236 g/mol. The summed E-state index contributed by atoms with van der Waals surface area (Å²) in [6.45, 7) is 0. The van der Waals surface area contributed by atoms with E-state index in [0.717, 1.165) is 12.8 Å². The highest BCUT2D eigenvalue weighted by molar-refractivity contribution is 5.85. The summed E-state index contributed by atoms with van der Waals surface area (Å²) >= 11 is 0. The van der Waals surface area contributed by atoms with E-state index in [2.05, 4.69) is 6.07 Å². The lowest BCUT2D eigenvalue weighted by Gasteiger charge is -2.20. The lowest BCUT2D eigenvalue weighted by Crippen LogP contribution is -2.19. The number of nitrogens with zero attached hydrogens (tertiary/aromatic N) is 1. The molecule has 0 bridgehead atoms. The smallest absolute Gasteiger partial charge is 0.120 e. The topological polar surface area (TPSA) is 70.0 Å². The molecule has 4 heteroatoms. The van der Waals surface area contributed by atoms with Gasteiger partial charge in [0.15, 0.2) is 0 Å². The number of nitriles is 1. The van der Waals surface area contributed by atoms with Crippen molar-refractivity contribution in [2.75, 3.05) is 0 Å². The zero-order chi connectivity index (χ0) is 11.5. The Balaban J connectivity index is 0.00000144. The molecule has 0 aliphatic heterocycles. The average molecular weight is 253 g/mol. The highest BCUT2D eigenvalue weighted by atomic mass is 35.5. The van der Waals surface area contributed by atoms with Gasteiger partial charge in [0.1, 0.15) is 5.75 Å². The molecule has 1 saturated carbocycles. The summed E-state index contributed by atoms with van der Waals surface area (Å²) in [5.74, 6) is 0.651. The summed E-state index contributed by atoms with van der Waals surface area (Å²) in [4.78, 5) is 0. The van der Waals surface area contributed by atoms with Crippen molar-refractivity contribution >= 4 is 12.4 Å². The van der Waals surface area contributed by atoms with Crippen LogP contribution in [0.1, 0.15) is 42.9 Å². The van der Waals surface area contributed by atoms with Gasteiger partial charge in [0.25, 0.3) is 0 Å². The van der Waals surface area contributed by atoms with Gasteiger partial charge in [-0.15, -0.1) is 12.4 Å². The van der Waals surface area contributed by atoms with Crippen LogP contribution in [0.25, 0.3) is 0 Å². The fourth-order valence-electron chi connectivity index (χ4n) is 2.46. The number of aromatic hydroxyl groups is 1. The number of hydrogen-bond acceptors (Lipinski definition) is 3. The van der Waals surface area contributed by atoms with Crippen molar-refractivity contribution in [1.82, 2.24) is 0 Å². The highest BCUT2D eigenvalue weighted by Crippen LogP contribution is 2.37. The second-order valence-electron chi connectivity index (χ2n) is 4.46. The number of phenolic OH excluding ortho intramolecular Hbond substituents is 1. The lowest BCUT2D eigenvalue weighted by molar-refractivity contribution is 0.412. The quantitative estimate of drug-likeness (QED) is 0.850. The summed E-state index contributed by atoms with van der Waals surface area (Å²) < 4.78 is 0. The van der Waals surface area contributed by atoms with Crippen LogP contribution in [-0.2, 0) is 0 Å². The zero-order valence-corrected chi connectivity index (χ0v) is 10.4. The minimum atomic E-state index is -0.143. The molecular formula is C13H17ClN2O. The zero-order valence-electron chi connectivity index (χ0n) is 9.60. The Morgan fingerprint density at radius 1 is 1.35 bits per heavy atom. The van der Waals surface area contributed by atoms with E-state index < -0.39 is 0 Å². The maximum absolute atomic E-state index is 9.77. The van der Waals surface area contributed by atoms with E-state index in [0.29, 0.717) is 17.0 Å². The van der Waals surface area contributed by atoms with E-state index in [1.54, 1.807) is 18.2 Å². The number of nitrogens with two attached hydrogens (primary N) is 1. The molecule has 1 aliphatic carbocycles. The Morgan fingerprint density at radius 2 is 2.00 bits per heavy atom. The summed E-state index contributed by atoms with van der Waals surface area (Å²) in [6.07, 6.45) is 4.68. The minimum Gasteiger partial charge on any atom is -0.508 e. The van der Waals surface area contributed by atoms with Gasteiger partial charge < -0.3 is 10.8 Å². The monoisotopic (exact) mass is 252 g/mol. The molecule has 0 radical (unpaired) electrons. The third kappa shape index (κ3) is 2.91. The molecule has 1 aromatic carbocycles. The predicted molar refractivity (Wildman–Crippen MR) is 69.0 cm³/mol. The molecule has 17 heavy (non-hydrogen) atoms. The highest BCUT2D eigenvalue weighted by Gasteiger charge is 2.25. The third-order valence-electron chi connectivity index (χ3n) is 3.42. The Bertz CT molecular complexity index is 422. The second-order valence-corrected chi connectivity index (χ2v) is 4.46. The van der Waals surface area contributed by atoms with Crippen LogP contribution in [0.15, 0.2) is 18.2 Å². The third-order valence-corrected chi connectivity index (χ3v) is 3.42. The van der Waals surface area contributed by atoms with Gasteiger partial charge in [-0.2, -0.15) is 5.26 Å². The largest absolute Gasteiger partial charge is 0.508 e. The van der Waals surface area contributed by atoms with Gasteiger partial charge in [0.2, 0.25) is 0 Å². The number of halogens is 1. The van der Waals surface area contributed by atoms with Crippen molar-refractivity contribution < 1.29 is 5.11 Å². The molecule has 0 heterocycles. The molecule has 1 aromatic rings. The first-order chi connectivity index (χ1) is 7.72. The van der Waals surface area contributed by atoms with Crippen LogP contribution < -0.4 is 5.73 Å². The standard InChI is InChI=1S/C13H16N2O.ClH/c14-8-9-5-6-12(16)11(7-9)13(15)10-3-1-2-4-10;/h5-7,10,13,16H,1-4,15H2;1H/t13-;/m0./s1. The van der Waals surface area contributed by atoms with E-state index in [1.165, 1.54) is 12.8 Å². The molecule has 3 N–H and O–H groups in total. The molecule has 0 amide bonds. The molecule has 0 aromatic heterocycles. The minimum absolute atomic E-state index is 0. The normalized spacial score (nSPS) is 17.2. The van der Waals surface area contributed by atoms with Gasteiger partial charge >= 0.3 is 0 Å². The van der Waals surface area contributed by atoms with Gasteiger partial charge in [-0.05, 0) is 37.0 Å². The van der Waals surface area contributed by atoms with Gasteiger partial charge in [-0.3, -0.25) is 0 Å². The van der Waals surface area contributed by atoms with Crippen molar-refractivity contribution in [3.05, 3.63) is 29.3 Å². The van der Waals surface area contributed by atoms with Gasteiger partial charge in [-0.25, -0.2) is 0 Å². The van der Waals surface area contributed by atoms with Crippen LogP contribution >= 0.6 is 12.4 Å². The molecule has 1 fully saturated rings. The second kappa shape index (κ2) is 5.90. The molecule has 3 nitrogen and oxygen atoms in total. The first-order valence-corrected chi connectivity index (χ1v) is 5.71. The van der Waals surface area contributed by atoms with Crippen molar-refractivity contribution in [3.63, 3.8) is 0 Å². The molecule has 92 valence electrons.